The number of aryl methyl sites for hydroxylation is 2. The SMILES string of the molecule is CC1(C)NC(=O)CCC1NS(=O)(=O)c1ccc2c(c1)CCC2. The number of benzene rings is 1. The minimum atomic E-state index is -3.57. The Morgan fingerprint density at radius 2 is 1.91 bits per heavy atom. The fourth-order valence-corrected chi connectivity index (χ4v) is 4.79. The molecule has 1 atom stereocenters. The van der Waals surface area contributed by atoms with Crippen LogP contribution in [0.5, 0.6) is 0 Å². The van der Waals surface area contributed by atoms with E-state index in [9.17, 15) is 13.2 Å². The number of sulfonamides is 1. The van der Waals surface area contributed by atoms with Crippen molar-refractivity contribution in [1.82, 2.24) is 10.0 Å². The largest absolute Gasteiger partial charge is 0.350 e. The van der Waals surface area contributed by atoms with Gasteiger partial charge >= 0.3 is 0 Å². The summed E-state index contributed by atoms with van der Waals surface area (Å²) in [7, 11) is -3.57. The van der Waals surface area contributed by atoms with Crippen molar-refractivity contribution in [3.63, 3.8) is 0 Å². The van der Waals surface area contributed by atoms with E-state index in [0.29, 0.717) is 17.7 Å². The molecule has 1 amide bonds. The van der Waals surface area contributed by atoms with Crippen molar-refractivity contribution in [2.45, 2.75) is 62.4 Å². The summed E-state index contributed by atoms with van der Waals surface area (Å²) in [6.45, 7) is 3.69. The van der Waals surface area contributed by atoms with Crippen molar-refractivity contribution >= 4 is 15.9 Å². The number of hydrogen-bond donors (Lipinski definition) is 2. The smallest absolute Gasteiger partial charge is 0.240 e. The van der Waals surface area contributed by atoms with Gasteiger partial charge in [0.15, 0.2) is 0 Å². The van der Waals surface area contributed by atoms with E-state index in [-0.39, 0.29) is 11.9 Å². The summed E-state index contributed by atoms with van der Waals surface area (Å²) in [5, 5.41) is 2.86. The molecule has 1 fully saturated rings. The molecule has 0 saturated carbocycles. The maximum absolute atomic E-state index is 12.6. The van der Waals surface area contributed by atoms with Crippen molar-refractivity contribution < 1.29 is 13.2 Å². The molecular weight excluding hydrogens is 300 g/mol. The second-order valence-corrected chi connectivity index (χ2v) is 8.48. The lowest BCUT2D eigenvalue weighted by molar-refractivity contribution is -0.125. The maximum atomic E-state index is 12.6. The predicted molar refractivity (Wildman–Crippen MR) is 84.0 cm³/mol. The van der Waals surface area contributed by atoms with E-state index < -0.39 is 15.6 Å². The Morgan fingerprint density at radius 1 is 1.18 bits per heavy atom. The maximum Gasteiger partial charge on any atom is 0.240 e. The molecule has 1 unspecified atom stereocenters. The zero-order valence-electron chi connectivity index (χ0n) is 13.0. The normalized spacial score (nSPS) is 23.9. The fraction of sp³-hybridized carbons (Fsp3) is 0.562. The zero-order chi connectivity index (χ0) is 16.0. The van der Waals surface area contributed by atoms with Crippen LogP contribution in [0.15, 0.2) is 23.1 Å². The number of fused-ring (bicyclic) bond motifs is 1. The third-order valence-corrected chi connectivity index (χ3v) is 6.14. The van der Waals surface area contributed by atoms with Crippen LogP contribution < -0.4 is 10.0 Å². The molecule has 120 valence electrons. The van der Waals surface area contributed by atoms with E-state index >= 15 is 0 Å². The molecule has 5 nitrogen and oxygen atoms in total. The highest BCUT2D eigenvalue weighted by molar-refractivity contribution is 7.89. The number of hydrogen-bond acceptors (Lipinski definition) is 3. The first-order valence-corrected chi connectivity index (χ1v) is 9.21. The summed E-state index contributed by atoms with van der Waals surface area (Å²) in [6, 6.07) is 5.09. The Kier molecular flexibility index (Phi) is 3.77. The van der Waals surface area contributed by atoms with E-state index in [0.717, 1.165) is 24.8 Å². The summed E-state index contributed by atoms with van der Waals surface area (Å²) in [4.78, 5) is 11.8. The molecular formula is C16H22N2O3S. The van der Waals surface area contributed by atoms with Crippen LogP contribution in [0.25, 0.3) is 0 Å². The van der Waals surface area contributed by atoms with E-state index in [2.05, 4.69) is 10.0 Å². The van der Waals surface area contributed by atoms with Crippen LogP contribution >= 0.6 is 0 Å². The van der Waals surface area contributed by atoms with E-state index in [4.69, 9.17) is 0 Å². The quantitative estimate of drug-likeness (QED) is 0.886. The minimum absolute atomic E-state index is 0.0296. The summed E-state index contributed by atoms with van der Waals surface area (Å²) in [5.41, 5.74) is 1.81. The third-order valence-electron chi connectivity index (χ3n) is 4.67. The van der Waals surface area contributed by atoms with E-state index in [1.807, 2.05) is 19.9 Å². The standard InChI is InChI=1S/C16H22N2O3S/c1-16(2)14(8-9-15(19)17-16)18-22(20,21)13-7-6-11-4-3-5-12(11)10-13/h6-7,10,14,18H,3-5,8-9H2,1-2H3,(H,17,19). The van der Waals surface area contributed by atoms with Crippen LogP contribution in [0.3, 0.4) is 0 Å². The van der Waals surface area contributed by atoms with Crippen molar-refractivity contribution in [3.05, 3.63) is 29.3 Å². The summed E-state index contributed by atoms with van der Waals surface area (Å²) < 4.78 is 28.1. The number of amides is 1. The average molecular weight is 322 g/mol. The molecule has 3 rings (SSSR count). The molecule has 1 aliphatic carbocycles. The summed E-state index contributed by atoms with van der Waals surface area (Å²) >= 11 is 0. The molecule has 22 heavy (non-hydrogen) atoms. The van der Waals surface area contributed by atoms with Gasteiger partial charge in [-0.3, -0.25) is 4.79 Å². The van der Waals surface area contributed by atoms with Gasteiger partial charge < -0.3 is 5.32 Å². The molecule has 0 bridgehead atoms. The minimum Gasteiger partial charge on any atom is -0.350 e. The van der Waals surface area contributed by atoms with Crippen LogP contribution in [-0.2, 0) is 27.7 Å². The molecule has 1 heterocycles. The van der Waals surface area contributed by atoms with Gasteiger partial charge in [0.2, 0.25) is 15.9 Å². The molecule has 0 aromatic heterocycles. The Labute approximate surface area is 131 Å². The molecule has 2 aliphatic rings. The van der Waals surface area contributed by atoms with Gasteiger partial charge in [-0.1, -0.05) is 6.07 Å². The Hall–Kier alpha value is -1.40. The first-order valence-electron chi connectivity index (χ1n) is 7.73. The van der Waals surface area contributed by atoms with Crippen LogP contribution in [0.4, 0.5) is 0 Å². The van der Waals surface area contributed by atoms with Gasteiger partial charge in [-0.2, -0.15) is 0 Å². The number of carbonyl (C=O) groups excluding carboxylic acids is 1. The summed E-state index contributed by atoms with van der Waals surface area (Å²) in [5.74, 6) is -0.0296. The molecule has 1 aliphatic heterocycles. The van der Waals surface area contributed by atoms with Gasteiger partial charge in [-0.15, -0.1) is 0 Å². The third kappa shape index (κ3) is 2.90. The molecule has 2 N–H and O–H groups in total. The Morgan fingerprint density at radius 3 is 2.64 bits per heavy atom. The zero-order valence-corrected chi connectivity index (χ0v) is 13.8. The van der Waals surface area contributed by atoms with Crippen molar-refractivity contribution in [3.8, 4) is 0 Å². The number of piperidine rings is 1. The topological polar surface area (TPSA) is 75.3 Å². The number of rotatable bonds is 3. The second kappa shape index (κ2) is 5.35. The first-order chi connectivity index (χ1) is 10.3. The van der Waals surface area contributed by atoms with Crippen LogP contribution in [0, 0.1) is 0 Å². The average Bonchev–Trinajstić information content (AvgIpc) is 2.88. The lowest BCUT2D eigenvalue weighted by Crippen LogP contribution is -2.61. The predicted octanol–water partition coefficient (Wildman–Crippen LogP) is 1.51. The first kappa shape index (κ1) is 15.5. The van der Waals surface area contributed by atoms with E-state index in [1.165, 1.54) is 5.56 Å². The summed E-state index contributed by atoms with van der Waals surface area (Å²) in [6.07, 6.45) is 3.94. The number of nitrogens with one attached hydrogen (secondary N) is 2. The van der Waals surface area contributed by atoms with Crippen molar-refractivity contribution in [2.75, 3.05) is 0 Å². The fourth-order valence-electron chi connectivity index (χ4n) is 3.32. The molecule has 1 saturated heterocycles. The van der Waals surface area contributed by atoms with Gasteiger partial charge in [-0.25, -0.2) is 13.1 Å². The second-order valence-electron chi connectivity index (χ2n) is 6.77. The molecule has 0 radical (unpaired) electrons. The molecule has 6 heteroatoms. The van der Waals surface area contributed by atoms with Gasteiger partial charge in [0.1, 0.15) is 0 Å². The van der Waals surface area contributed by atoms with Crippen molar-refractivity contribution in [1.29, 1.82) is 0 Å². The molecule has 1 aromatic carbocycles. The van der Waals surface area contributed by atoms with Gasteiger partial charge in [0.25, 0.3) is 0 Å². The van der Waals surface area contributed by atoms with Crippen LogP contribution in [0.2, 0.25) is 0 Å². The number of carbonyl (C=O) groups is 1. The van der Waals surface area contributed by atoms with Crippen LogP contribution in [-0.4, -0.2) is 25.9 Å². The highest BCUT2D eigenvalue weighted by Crippen LogP contribution is 2.26. The monoisotopic (exact) mass is 322 g/mol. The lowest BCUT2D eigenvalue weighted by atomic mass is 9.88. The highest BCUT2D eigenvalue weighted by atomic mass is 32.2. The van der Waals surface area contributed by atoms with Crippen molar-refractivity contribution in [2.24, 2.45) is 0 Å². The van der Waals surface area contributed by atoms with E-state index in [1.54, 1.807) is 12.1 Å². The Bertz CT molecular complexity index is 710. The Balaban J connectivity index is 1.83. The highest BCUT2D eigenvalue weighted by Gasteiger charge is 2.38. The van der Waals surface area contributed by atoms with Crippen LogP contribution in [0.1, 0.15) is 44.2 Å². The molecule has 1 aromatic rings. The van der Waals surface area contributed by atoms with Gasteiger partial charge in [0.05, 0.1) is 10.4 Å². The lowest BCUT2D eigenvalue weighted by Gasteiger charge is -2.39. The van der Waals surface area contributed by atoms with Gasteiger partial charge in [0, 0.05) is 12.5 Å². The molecule has 0 spiro atoms. The van der Waals surface area contributed by atoms with Gasteiger partial charge in [-0.05, 0) is 62.8 Å².